The van der Waals surface area contributed by atoms with Gasteiger partial charge in [-0.3, -0.25) is 0 Å². The summed E-state index contributed by atoms with van der Waals surface area (Å²) in [6.07, 6.45) is 0.657. The number of hydrogen-bond donors (Lipinski definition) is 1. The molecule has 0 atom stereocenters. The molecule has 3 nitrogen and oxygen atoms in total. The molecule has 0 radical (unpaired) electrons. The number of hydrogen-bond acceptors (Lipinski definition) is 3. The maximum Gasteiger partial charge on any atom is 0.150 e. The third-order valence-corrected chi connectivity index (χ3v) is 4.32. The predicted octanol–water partition coefficient (Wildman–Crippen LogP) is 2.23. The fraction of sp³-hybridized carbons (Fsp3) is 0.500. The normalized spacial score (nSPS) is 11.4. The van der Waals surface area contributed by atoms with Gasteiger partial charge >= 0.3 is 0 Å². The number of sulfone groups is 1. The molecule has 1 N–H and O–H groups in total. The molecule has 0 aliphatic carbocycles. The summed E-state index contributed by atoms with van der Waals surface area (Å²) in [4.78, 5) is 0. The first-order chi connectivity index (χ1) is 7.55. The van der Waals surface area contributed by atoms with Crippen molar-refractivity contribution in [2.45, 2.75) is 20.3 Å². The molecule has 90 valence electrons. The minimum Gasteiger partial charge on any atom is -0.385 e. The standard InChI is InChI=1S/C12H19NO2S/c1-3-16(14,15)10-6-9-13-12-8-5-4-7-11(12)2/h4-5,7-8,13H,3,6,9-10H2,1-2H3. The highest BCUT2D eigenvalue weighted by Crippen LogP contribution is 2.12. The number of rotatable bonds is 6. The summed E-state index contributed by atoms with van der Waals surface area (Å²) in [5.74, 6) is 0.500. The minimum atomic E-state index is -2.82. The molecule has 0 saturated carbocycles. The van der Waals surface area contributed by atoms with Crippen molar-refractivity contribution in [3.05, 3.63) is 29.8 Å². The summed E-state index contributed by atoms with van der Waals surface area (Å²) in [5.41, 5.74) is 2.26. The van der Waals surface area contributed by atoms with Crippen LogP contribution in [-0.4, -0.2) is 26.5 Å². The van der Waals surface area contributed by atoms with E-state index in [0.717, 1.165) is 5.69 Å². The van der Waals surface area contributed by atoms with E-state index in [0.29, 0.717) is 13.0 Å². The van der Waals surface area contributed by atoms with Crippen molar-refractivity contribution in [2.75, 3.05) is 23.4 Å². The van der Waals surface area contributed by atoms with Crippen LogP contribution in [0.15, 0.2) is 24.3 Å². The van der Waals surface area contributed by atoms with Gasteiger partial charge in [0.05, 0.1) is 5.75 Å². The first kappa shape index (κ1) is 13.0. The second-order valence-electron chi connectivity index (χ2n) is 3.83. The minimum absolute atomic E-state index is 0.233. The Bertz CT molecular complexity index is 426. The summed E-state index contributed by atoms with van der Waals surface area (Å²) in [6.45, 7) is 4.42. The SMILES string of the molecule is CCS(=O)(=O)CCCNc1ccccc1C. The quantitative estimate of drug-likeness (QED) is 0.777. The van der Waals surface area contributed by atoms with Gasteiger partial charge in [-0.25, -0.2) is 8.42 Å². The van der Waals surface area contributed by atoms with Crippen LogP contribution in [0, 0.1) is 6.92 Å². The van der Waals surface area contributed by atoms with Crippen molar-refractivity contribution in [2.24, 2.45) is 0 Å². The smallest absolute Gasteiger partial charge is 0.150 e. The van der Waals surface area contributed by atoms with Gasteiger partial charge in [0.1, 0.15) is 9.84 Å². The summed E-state index contributed by atoms with van der Waals surface area (Å²) in [5, 5.41) is 3.25. The molecule has 0 saturated heterocycles. The molecular weight excluding hydrogens is 222 g/mol. The average Bonchev–Trinajstić information content (AvgIpc) is 2.27. The Morgan fingerprint density at radius 1 is 1.25 bits per heavy atom. The summed E-state index contributed by atoms with van der Waals surface area (Å²) in [7, 11) is -2.82. The van der Waals surface area contributed by atoms with E-state index in [-0.39, 0.29) is 11.5 Å². The zero-order valence-electron chi connectivity index (χ0n) is 9.86. The Hall–Kier alpha value is -1.03. The molecule has 0 unspecified atom stereocenters. The van der Waals surface area contributed by atoms with Gasteiger partial charge in [0, 0.05) is 18.0 Å². The van der Waals surface area contributed by atoms with Gasteiger partial charge in [-0.2, -0.15) is 0 Å². The third-order valence-electron chi connectivity index (χ3n) is 2.53. The molecule has 0 fully saturated rings. The van der Waals surface area contributed by atoms with E-state index in [4.69, 9.17) is 0 Å². The van der Waals surface area contributed by atoms with Crippen molar-refractivity contribution in [3.63, 3.8) is 0 Å². The van der Waals surface area contributed by atoms with Gasteiger partial charge in [0.25, 0.3) is 0 Å². The lowest BCUT2D eigenvalue weighted by molar-refractivity contribution is 0.595. The number of aryl methyl sites for hydroxylation is 1. The van der Waals surface area contributed by atoms with Crippen LogP contribution in [0.5, 0.6) is 0 Å². The molecule has 0 aliphatic heterocycles. The van der Waals surface area contributed by atoms with E-state index in [1.54, 1.807) is 6.92 Å². The Labute approximate surface area is 97.8 Å². The fourth-order valence-corrected chi connectivity index (χ4v) is 2.30. The second kappa shape index (κ2) is 5.89. The Kier molecular flexibility index (Phi) is 4.80. The molecule has 4 heteroatoms. The maximum atomic E-state index is 11.2. The van der Waals surface area contributed by atoms with Crippen molar-refractivity contribution < 1.29 is 8.42 Å². The molecule has 0 bridgehead atoms. The first-order valence-corrected chi connectivity index (χ1v) is 7.37. The van der Waals surface area contributed by atoms with Crippen molar-refractivity contribution in [1.29, 1.82) is 0 Å². The maximum absolute atomic E-state index is 11.2. The summed E-state index contributed by atoms with van der Waals surface area (Å²) >= 11 is 0. The van der Waals surface area contributed by atoms with Gasteiger partial charge < -0.3 is 5.32 Å². The lowest BCUT2D eigenvalue weighted by Gasteiger charge is -2.08. The molecular formula is C12H19NO2S. The van der Waals surface area contributed by atoms with Crippen LogP contribution in [-0.2, 0) is 9.84 Å². The topological polar surface area (TPSA) is 46.2 Å². The number of benzene rings is 1. The summed E-state index contributed by atoms with van der Waals surface area (Å²) < 4.78 is 22.5. The van der Waals surface area contributed by atoms with Gasteiger partial charge in [0.2, 0.25) is 0 Å². The number of nitrogens with one attached hydrogen (secondary N) is 1. The third kappa shape index (κ3) is 4.23. The van der Waals surface area contributed by atoms with Crippen LogP contribution < -0.4 is 5.32 Å². The molecule has 0 amide bonds. The molecule has 0 spiro atoms. The van der Waals surface area contributed by atoms with E-state index >= 15 is 0 Å². The monoisotopic (exact) mass is 241 g/mol. The molecule has 1 aromatic carbocycles. The molecule has 1 rings (SSSR count). The van der Waals surface area contributed by atoms with Gasteiger partial charge in [-0.1, -0.05) is 25.1 Å². The largest absolute Gasteiger partial charge is 0.385 e. The zero-order valence-corrected chi connectivity index (χ0v) is 10.7. The van der Waals surface area contributed by atoms with Crippen molar-refractivity contribution in [1.82, 2.24) is 0 Å². The van der Waals surface area contributed by atoms with Gasteiger partial charge in [-0.05, 0) is 25.0 Å². The highest BCUT2D eigenvalue weighted by atomic mass is 32.2. The van der Waals surface area contributed by atoms with Gasteiger partial charge in [-0.15, -0.1) is 0 Å². The van der Waals surface area contributed by atoms with E-state index < -0.39 is 9.84 Å². The van der Waals surface area contributed by atoms with Gasteiger partial charge in [0.15, 0.2) is 0 Å². The Morgan fingerprint density at radius 2 is 1.94 bits per heavy atom. The predicted molar refractivity (Wildman–Crippen MR) is 68.6 cm³/mol. The lowest BCUT2D eigenvalue weighted by Crippen LogP contribution is -2.13. The van der Waals surface area contributed by atoms with Crippen LogP contribution in [0.1, 0.15) is 18.9 Å². The molecule has 0 aromatic heterocycles. The fourth-order valence-electron chi connectivity index (χ4n) is 1.43. The van der Waals surface area contributed by atoms with E-state index in [1.165, 1.54) is 5.56 Å². The second-order valence-corrected chi connectivity index (χ2v) is 6.30. The van der Waals surface area contributed by atoms with E-state index in [2.05, 4.69) is 5.32 Å². The van der Waals surface area contributed by atoms with E-state index in [1.807, 2.05) is 31.2 Å². The molecule has 16 heavy (non-hydrogen) atoms. The van der Waals surface area contributed by atoms with Crippen molar-refractivity contribution in [3.8, 4) is 0 Å². The lowest BCUT2D eigenvalue weighted by atomic mass is 10.2. The highest BCUT2D eigenvalue weighted by Gasteiger charge is 2.06. The Morgan fingerprint density at radius 3 is 2.56 bits per heavy atom. The zero-order chi connectivity index (χ0) is 12.0. The first-order valence-electron chi connectivity index (χ1n) is 5.55. The Balaban J connectivity index is 2.35. The molecule has 0 heterocycles. The number of anilines is 1. The van der Waals surface area contributed by atoms with Crippen molar-refractivity contribution >= 4 is 15.5 Å². The molecule has 1 aromatic rings. The molecule has 0 aliphatic rings. The van der Waals surface area contributed by atoms with Crippen LogP contribution >= 0.6 is 0 Å². The van der Waals surface area contributed by atoms with E-state index in [9.17, 15) is 8.42 Å². The average molecular weight is 241 g/mol. The van der Waals surface area contributed by atoms with Crippen LogP contribution in [0.2, 0.25) is 0 Å². The van der Waals surface area contributed by atoms with Crippen LogP contribution in [0.25, 0.3) is 0 Å². The van der Waals surface area contributed by atoms with Crippen LogP contribution in [0.4, 0.5) is 5.69 Å². The number of para-hydroxylation sites is 1. The van der Waals surface area contributed by atoms with Crippen LogP contribution in [0.3, 0.4) is 0 Å². The summed E-state index contributed by atoms with van der Waals surface area (Å²) in [6, 6.07) is 7.99. The highest BCUT2D eigenvalue weighted by molar-refractivity contribution is 7.91.